The molecule has 186 valence electrons. The van der Waals surface area contributed by atoms with Crippen molar-refractivity contribution in [1.29, 1.82) is 0 Å². The molecule has 7 nitrogen and oxygen atoms in total. The van der Waals surface area contributed by atoms with E-state index in [9.17, 15) is 14.4 Å². The molecule has 34 heavy (non-hydrogen) atoms. The first-order chi connectivity index (χ1) is 16.1. The molecule has 1 rings (SSSR count). The van der Waals surface area contributed by atoms with Crippen LogP contribution < -0.4 is 16.0 Å². The van der Waals surface area contributed by atoms with Crippen LogP contribution in [0.2, 0.25) is 0 Å². The van der Waals surface area contributed by atoms with Crippen LogP contribution in [0.5, 0.6) is 0 Å². The van der Waals surface area contributed by atoms with E-state index < -0.39 is 5.54 Å². The van der Waals surface area contributed by atoms with Crippen molar-refractivity contribution < 1.29 is 14.4 Å². The van der Waals surface area contributed by atoms with Crippen LogP contribution >= 0.6 is 0 Å². The molecule has 7 heteroatoms. The van der Waals surface area contributed by atoms with E-state index in [0.717, 1.165) is 30.5 Å². The third-order valence-electron chi connectivity index (χ3n) is 5.60. The second-order valence-corrected chi connectivity index (χ2v) is 8.54. The topological polar surface area (TPSA) is 90.5 Å². The van der Waals surface area contributed by atoms with Crippen molar-refractivity contribution in [2.45, 2.75) is 65.8 Å². The Bertz CT molecular complexity index is 892. The quantitative estimate of drug-likeness (QED) is 0.356. The highest BCUT2D eigenvalue weighted by Crippen LogP contribution is 2.18. The van der Waals surface area contributed by atoms with E-state index in [0.29, 0.717) is 6.42 Å². The maximum Gasteiger partial charge on any atom is 0.249 e. The number of hydrogen-bond donors (Lipinski definition) is 3. The molecule has 0 aromatic carbocycles. The zero-order chi connectivity index (χ0) is 25.6. The van der Waals surface area contributed by atoms with Gasteiger partial charge in [-0.25, -0.2) is 0 Å². The van der Waals surface area contributed by atoms with Crippen LogP contribution in [-0.4, -0.2) is 41.2 Å². The average Bonchev–Trinajstić information content (AvgIpc) is 2.83. The zero-order valence-electron chi connectivity index (χ0n) is 21.2. The third-order valence-corrected chi connectivity index (χ3v) is 5.60. The van der Waals surface area contributed by atoms with Crippen LogP contribution in [0.15, 0.2) is 72.3 Å². The summed E-state index contributed by atoms with van der Waals surface area (Å²) in [6, 6.07) is 0. The van der Waals surface area contributed by atoms with Crippen molar-refractivity contribution in [3.05, 3.63) is 72.3 Å². The molecule has 0 atom stereocenters. The molecular weight excluding hydrogens is 428 g/mol. The largest absolute Gasteiger partial charge is 0.362 e. The molecule has 0 aromatic heterocycles. The lowest BCUT2D eigenvalue weighted by molar-refractivity contribution is -0.144. The monoisotopic (exact) mass is 468 g/mol. The number of carbonyl (C=O) groups excluding carboxylic acids is 3. The Kier molecular flexibility index (Phi) is 12.4. The summed E-state index contributed by atoms with van der Waals surface area (Å²) >= 11 is 0. The molecule has 0 saturated carbocycles. The molecule has 3 amide bonds. The standard InChI is InChI=1S/C27H40N4O3/c1-7-22(8-2)20-31(25(33)19-29-21(4)32)27(5,6)26(34)28-17-13-14-23(9-3)18-30-24-15-11-10-12-16-24/h7-8,11,13,15-18,30H,1,9-10,12,14,19-20H2,2-6H3,(H,28,34)(H,29,32)/b17-13-,22-8+,23-18+. The van der Waals surface area contributed by atoms with Gasteiger partial charge in [-0.15, -0.1) is 0 Å². The van der Waals surface area contributed by atoms with Gasteiger partial charge in [0.15, 0.2) is 0 Å². The van der Waals surface area contributed by atoms with Gasteiger partial charge < -0.3 is 20.9 Å². The third kappa shape index (κ3) is 9.65. The molecular formula is C27H40N4O3. The fourth-order valence-corrected chi connectivity index (χ4v) is 3.20. The first-order valence-electron chi connectivity index (χ1n) is 11.7. The Morgan fingerprint density at radius 1 is 1.24 bits per heavy atom. The predicted molar refractivity (Wildman–Crippen MR) is 138 cm³/mol. The lowest BCUT2D eigenvalue weighted by Gasteiger charge is -2.37. The predicted octanol–water partition coefficient (Wildman–Crippen LogP) is 4.00. The van der Waals surface area contributed by atoms with E-state index in [-0.39, 0.29) is 30.8 Å². The van der Waals surface area contributed by atoms with Gasteiger partial charge in [-0.3, -0.25) is 14.4 Å². The molecule has 0 aromatic rings. The summed E-state index contributed by atoms with van der Waals surface area (Å²) in [5.74, 6) is -0.982. The first kappa shape index (κ1) is 28.7. The molecule has 0 saturated heterocycles. The Labute approximate surface area is 204 Å². The van der Waals surface area contributed by atoms with Crippen molar-refractivity contribution in [2.24, 2.45) is 0 Å². The molecule has 0 unspecified atom stereocenters. The van der Waals surface area contributed by atoms with E-state index >= 15 is 0 Å². The van der Waals surface area contributed by atoms with Crippen LogP contribution in [-0.2, 0) is 14.4 Å². The SMILES string of the molecule is C=C/C(=C\C)CN(C(=O)CNC(C)=O)C(C)(C)C(=O)N/C=C\C/C(=C/NC1=CCCC=C1)CC. The molecule has 0 aliphatic heterocycles. The fraction of sp³-hybridized carbons (Fsp3) is 0.444. The Morgan fingerprint density at radius 3 is 2.53 bits per heavy atom. The number of hydrogen-bond acceptors (Lipinski definition) is 4. The van der Waals surface area contributed by atoms with Gasteiger partial charge in [-0.05, 0) is 58.1 Å². The van der Waals surface area contributed by atoms with Gasteiger partial charge in [0.25, 0.3) is 0 Å². The van der Waals surface area contributed by atoms with Gasteiger partial charge in [0.1, 0.15) is 5.54 Å². The summed E-state index contributed by atoms with van der Waals surface area (Å²) < 4.78 is 0. The maximum atomic E-state index is 13.0. The molecule has 0 spiro atoms. The molecule has 1 aliphatic rings. The van der Waals surface area contributed by atoms with Gasteiger partial charge >= 0.3 is 0 Å². The fourth-order valence-electron chi connectivity index (χ4n) is 3.20. The number of carbonyl (C=O) groups is 3. The molecule has 0 bridgehead atoms. The van der Waals surface area contributed by atoms with Crippen LogP contribution in [0, 0.1) is 0 Å². The summed E-state index contributed by atoms with van der Waals surface area (Å²) in [5.41, 5.74) is 1.95. The summed E-state index contributed by atoms with van der Waals surface area (Å²) in [5, 5.41) is 8.64. The highest BCUT2D eigenvalue weighted by atomic mass is 16.2. The van der Waals surface area contributed by atoms with E-state index in [1.54, 1.807) is 26.1 Å². The van der Waals surface area contributed by atoms with Crippen LogP contribution in [0.25, 0.3) is 0 Å². The van der Waals surface area contributed by atoms with Crippen molar-refractivity contribution in [2.75, 3.05) is 13.1 Å². The van der Waals surface area contributed by atoms with Gasteiger partial charge in [-0.1, -0.05) is 49.5 Å². The van der Waals surface area contributed by atoms with Crippen molar-refractivity contribution in [3.63, 3.8) is 0 Å². The molecule has 3 N–H and O–H groups in total. The lowest BCUT2D eigenvalue weighted by atomic mass is 9.99. The van der Waals surface area contributed by atoms with Gasteiger partial charge in [-0.2, -0.15) is 0 Å². The van der Waals surface area contributed by atoms with Gasteiger partial charge in [0, 0.05) is 31.6 Å². The molecule has 0 radical (unpaired) electrons. The Hall–Kier alpha value is -3.35. The minimum absolute atomic E-state index is 0.181. The van der Waals surface area contributed by atoms with Crippen LogP contribution in [0.1, 0.15) is 60.3 Å². The summed E-state index contributed by atoms with van der Waals surface area (Å²) in [4.78, 5) is 38.6. The highest BCUT2D eigenvalue weighted by molar-refractivity contribution is 5.93. The number of nitrogens with one attached hydrogen (secondary N) is 3. The number of rotatable bonds is 13. The number of allylic oxidation sites excluding steroid dienone is 6. The normalized spacial score (nSPS) is 14.4. The van der Waals surface area contributed by atoms with E-state index in [1.165, 1.54) is 17.4 Å². The molecule has 0 heterocycles. The molecule has 1 aliphatic carbocycles. The minimum atomic E-state index is -1.15. The van der Waals surface area contributed by atoms with Gasteiger partial charge in [0.05, 0.1) is 6.54 Å². The number of nitrogens with zero attached hydrogens (tertiary/aromatic N) is 1. The van der Waals surface area contributed by atoms with Crippen LogP contribution in [0.3, 0.4) is 0 Å². The van der Waals surface area contributed by atoms with E-state index in [1.807, 2.05) is 25.3 Å². The minimum Gasteiger partial charge on any atom is -0.362 e. The number of amides is 3. The highest BCUT2D eigenvalue weighted by Gasteiger charge is 2.37. The summed E-state index contributed by atoms with van der Waals surface area (Å²) in [6.45, 7) is 12.4. The smallest absolute Gasteiger partial charge is 0.249 e. The average molecular weight is 469 g/mol. The lowest BCUT2D eigenvalue weighted by Crippen LogP contribution is -2.58. The Morgan fingerprint density at radius 2 is 1.97 bits per heavy atom. The molecule has 0 fully saturated rings. The van der Waals surface area contributed by atoms with E-state index in [4.69, 9.17) is 0 Å². The summed E-state index contributed by atoms with van der Waals surface area (Å²) in [6.07, 6.45) is 19.1. The van der Waals surface area contributed by atoms with Crippen LogP contribution in [0.4, 0.5) is 0 Å². The maximum absolute atomic E-state index is 13.0. The van der Waals surface area contributed by atoms with Crippen molar-refractivity contribution in [3.8, 4) is 0 Å². The second kappa shape index (κ2) is 14.7. The Balaban J connectivity index is 2.82. The van der Waals surface area contributed by atoms with Gasteiger partial charge in [0.2, 0.25) is 17.7 Å². The zero-order valence-corrected chi connectivity index (χ0v) is 21.2. The second-order valence-electron chi connectivity index (χ2n) is 8.54. The first-order valence-corrected chi connectivity index (χ1v) is 11.7. The van der Waals surface area contributed by atoms with E-state index in [2.05, 4.69) is 47.7 Å². The van der Waals surface area contributed by atoms with Crippen molar-refractivity contribution >= 4 is 17.7 Å². The van der Waals surface area contributed by atoms with Crippen molar-refractivity contribution in [1.82, 2.24) is 20.9 Å². The summed E-state index contributed by atoms with van der Waals surface area (Å²) in [7, 11) is 0.